The summed E-state index contributed by atoms with van der Waals surface area (Å²) in [5, 5.41) is 3.34. The fraction of sp³-hybridized carbons (Fsp3) is 0.333. The lowest BCUT2D eigenvalue weighted by molar-refractivity contribution is 0.455. The van der Waals surface area contributed by atoms with Crippen molar-refractivity contribution in [2.24, 2.45) is 0 Å². The molecule has 1 aromatic carbocycles. The first-order chi connectivity index (χ1) is 10.0. The van der Waals surface area contributed by atoms with Crippen molar-refractivity contribution in [2.45, 2.75) is 36.1 Å². The zero-order valence-corrected chi connectivity index (χ0v) is 13.8. The maximum absolute atomic E-state index is 12.3. The van der Waals surface area contributed by atoms with Crippen LogP contribution < -0.4 is 5.32 Å². The lowest BCUT2D eigenvalue weighted by atomic mass is 10.4. The summed E-state index contributed by atoms with van der Waals surface area (Å²) in [5.74, 6) is 1.14. The molecule has 2 aromatic rings. The largest absolute Gasteiger partial charge is 0.464 e. The van der Waals surface area contributed by atoms with Crippen molar-refractivity contribution in [3.8, 4) is 0 Å². The average Bonchev–Trinajstić information content (AvgIpc) is 3.17. The Morgan fingerprint density at radius 3 is 2.43 bits per heavy atom. The summed E-state index contributed by atoms with van der Waals surface area (Å²) >= 11 is 3.30. The fourth-order valence-corrected chi connectivity index (χ4v) is 3.55. The van der Waals surface area contributed by atoms with Crippen LogP contribution in [-0.2, 0) is 22.1 Å². The van der Waals surface area contributed by atoms with Gasteiger partial charge in [-0.2, -0.15) is 0 Å². The molecule has 0 radical (unpaired) electrons. The maximum Gasteiger partial charge on any atom is 0.185 e. The van der Waals surface area contributed by atoms with Gasteiger partial charge in [-0.25, -0.2) is 8.42 Å². The molecular formula is C15H16BrNO3S. The number of nitrogens with one attached hydrogen (secondary N) is 1. The van der Waals surface area contributed by atoms with Crippen molar-refractivity contribution >= 4 is 25.8 Å². The normalized spacial score (nSPS) is 15.3. The Labute approximate surface area is 132 Å². The molecule has 3 rings (SSSR count). The molecule has 0 unspecified atom stereocenters. The molecule has 0 spiro atoms. The Bertz CT molecular complexity index is 718. The van der Waals surface area contributed by atoms with Crippen molar-refractivity contribution in [3.63, 3.8) is 0 Å². The van der Waals surface area contributed by atoms with Crippen LogP contribution in [0.25, 0.3) is 0 Å². The molecule has 0 atom stereocenters. The second kappa shape index (κ2) is 5.94. The molecule has 21 heavy (non-hydrogen) atoms. The molecule has 0 bridgehead atoms. The molecule has 0 aliphatic heterocycles. The fourth-order valence-electron chi connectivity index (χ4n) is 2.04. The molecule has 0 amide bonds. The topological polar surface area (TPSA) is 59.3 Å². The number of furan rings is 1. The second-order valence-corrected chi connectivity index (χ2v) is 8.14. The van der Waals surface area contributed by atoms with Gasteiger partial charge in [0.25, 0.3) is 0 Å². The minimum absolute atomic E-state index is 0.113. The van der Waals surface area contributed by atoms with Crippen LogP contribution >= 0.6 is 15.9 Å². The van der Waals surface area contributed by atoms with Crippen LogP contribution in [0.5, 0.6) is 0 Å². The van der Waals surface area contributed by atoms with E-state index < -0.39 is 9.84 Å². The maximum atomic E-state index is 12.3. The molecule has 1 N–H and O–H groups in total. The van der Waals surface area contributed by atoms with Crippen molar-refractivity contribution in [2.75, 3.05) is 0 Å². The highest BCUT2D eigenvalue weighted by Crippen LogP contribution is 2.22. The number of rotatable bonds is 6. The summed E-state index contributed by atoms with van der Waals surface area (Å²) < 4.78 is 31.1. The number of benzene rings is 1. The molecule has 0 saturated heterocycles. The Kier molecular flexibility index (Phi) is 4.19. The lowest BCUT2D eigenvalue weighted by Gasteiger charge is -2.03. The van der Waals surface area contributed by atoms with E-state index in [-0.39, 0.29) is 5.75 Å². The third kappa shape index (κ3) is 3.96. The van der Waals surface area contributed by atoms with Gasteiger partial charge in [0.1, 0.15) is 17.3 Å². The zero-order chi connectivity index (χ0) is 14.9. The summed E-state index contributed by atoms with van der Waals surface area (Å²) in [4.78, 5) is 0.305. The molecule has 6 heteroatoms. The van der Waals surface area contributed by atoms with Crippen LogP contribution in [0.15, 0.2) is 50.2 Å². The monoisotopic (exact) mass is 369 g/mol. The molecule has 4 nitrogen and oxygen atoms in total. The van der Waals surface area contributed by atoms with E-state index in [0.29, 0.717) is 23.2 Å². The van der Waals surface area contributed by atoms with Crippen LogP contribution in [0.4, 0.5) is 0 Å². The predicted molar refractivity (Wildman–Crippen MR) is 83.6 cm³/mol. The Morgan fingerprint density at radius 2 is 1.76 bits per heavy atom. The summed E-state index contributed by atoms with van der Waals surface area (Å²) in [6.07, 6.45) is 2.43. The number of hydrogen-bond acceptors (Lipinski definition) is 4. The van der Waals surface area contributed by atoms with E-state index >= 15 is 0 Å². The van der Waals surface area contributed by atoms with E-state index in [2.05, 4.69) is 21.2 Å². The van der Waals surface area contributed by atoms with Crippen LogP contribution in [0.2, 0.25) is 0 Å². The van der Waals surface area contributed by atoms with Crippen molar-refractivity contribution in [1.29, 1.82) is 0 Å². The van der Waals surface area contributed by atoms with E-state index in [1.54, 1.807) is 30.3 Å². The zero-order valence-electron chi connectivity index (χ0n) is 11.4. The third-order valence-corrected chi connectivity index (χ3v) is 5.55. The van der Waals surface area contributed by atoms with Crippen LogP contribution in [0, 0.1) is 0 Å². The number of sulfone groups is 1. The van der Waals surface area contributed by atoms with E-state index in [9.17, 15) is 8.42 Å². The van der Waals surface area contributed by atoms with Gasteiger partial charge in [-0.3, -0.25) is 0 Å². The number of halogens is 1. The summed E-state index contributed by atoms with van der Waals surface area (Å²) in [6, 6.07) is 10.8. The highest BCUT2D eigenvalue weighted by atomic mass is 79.9. The highest BCUT2D eigenvalue weighted by Gasteiger charge is 2.21. The van der Waals surface area contributed by atoms with E-state index in [1.165, 1.54) is 12.8 Å². The molecule has 1 saturated carbocycles. The van der Waals surface area contributed by atoms with Crippen LogP contribution in [0.3, 0.4) is 0 Å². The quantitative estimate of drug-likeness (QED) is 0.848. The Hall–Kier alpha value is -1.11. The summed E-state index contributed by atoms with van der Waals surface area (Å²) in [5.41, 5.74) is 0. The molecule has 1 fully saturated rings. The van der Waals surface area contributed by atoms with Gasteiger partial charge in [-0.1, -0.05) is 15.9 Å². The summed E-state index contributed by atoms with van der Waals surface area (Å²) in [6.45, 7) is 0.656. The van der Waals surface area contributed by atoms with Gasteiger partial charge in [0, 0.05) is 10.5 Å². The SMILES string of the molecule is O=S(=O)(Cc1ccc(CNC2CC2)o1)c1ccc(Br)cc1. The molecular weight excluding hydrogens is 354 g/mol. The standard InChI is InChI=1S/C15H16BrNO3S/c16-11-1-7-15(8-2-11)21(18,19)10-14-6-5-13(20-14)9-17-12-3-4-12/h1-2,5-8,12,17H,3-4,9-10H2. The van der Waals surface area contributed by atoms with Crippen LogP contribution in [-0.4, -0.2) is 14.5 Å². The summed E-state index contributed by atoms with van der Waals surface area (Å²) in [7, 11) is -3.37. The van der Waals surface area contributed by atoms with E-state index in [1.807, 2.05) is 6.07 Å². The average molecular weight is 370 g/mol. The van der Waals surface area contributed by atoms with Crippen molar-refractivity contribution in [3.05, 3.63) is 52.4 Å². The Morgan fingerprint density at radius 1 is 1.10 bits per heavy atom. The lowest BCUT2D eigenvalue weighted by Crippen LogP contribution is -2.14. The second-order valence-electron chi connectivity index (χ2n) is 5.24. The highest BCUT2D eigenvalue weighted by molar-refractivity contribution is 9.10. The first-order valence-electron chi connectivity index (χ1n) is 6.82. The van der Waals surface area contributed by atoms with E-state index in [4.69, 9.17) is 4.42 Å². The minimum atomic E-state index is -3.37. The first-order valence-corrected chi connectivity index (χ1v) is 9.27. The Balaban J connectivity index is 1.68. The smallest absolute Gasteiger partial charge is 0.185 e. The van der Waals surface area contributed by atoms with Gasteiger partial charge in [0.15, 0.2) is 9.84 Å². The van der Waals surface area contributed by atoms with Gasteiger partial charge in [0.05, 0.1) is 11.4 Å². The van der Waals surface area contributed by atoms with Gasteiger partial charge in [0.2, 0.25) is 0 Å². The molecule has 112 valence electrons. The first kappa shape index (κ1) is 14.8. The number of hydrogen-bond donors (Lipinski definition) is 1. The molecule has 1 aliphatic rings. The third-order valence-electron chi connectivity index (χ3n) is 3.36. The van der Waals surface area contributed by atoms with Gasteiger partial charge < -0.3 is 9.73 Å². The molecule has 1 heterocycles. The minimum Gasteiger partial charge on any atom is -0.464 e. The van der Waals surface area contributed by atoms with Crippen molar-refractivity contribution in [1.82, 2.24) is 5.32 Å². The van der Waals surface area contributed by atoms with Crippen LogP contribution in [0.1, 0.15) is 24.4 Å². The van der Waals surface area contributed by atoms with Gasteiger partial charge >= 0.3 is 0 Å². The van der Waals surface area contributed by atoms with Crippen molar-refractivity contribution < 1.29 is 12.8 Å². The predicted octanol–water partition coefficient (Wildman–Crippen LogP) is 3.27. The van der Waals surface area contributed by atoms with E-state index in [0.717, 1.165) is 10.2 Å². The molecule has 1 aliphatic carbocycles. The molecule has 1 aromatic heterocycles. The van der Waals surface area contributed by atoms with Gasteiger partial charge in [-0.05, 0) is 49.2 Å². The van der Waals surface area contributed by atoms with Gasteiger partial charge in [-0.15, -0.1) is 0 Å².